The van der Waals surface area contributed by atoms with Crippen molar-refractivity contribution in [2.45, 2.75) is 18.4 Å². The van der Waals surface area contributed by atoms with Gasteiger partial charge in [0.05, 0.1) is 26.1 Å². The summed E-state index contributed by atoms with van der Waals surface area (Å²) in [6.45, 7) is 0.748. The molecular formula is C14H15ClN2O3. The Balaban J connectivity index is 1.93. The van der Waals surface area contributed by atoms with Crippen LogP contribution in [0.4, 0.5) is 0 Å². The molecule has 5 nitrogen and oxygen atoms in total. The smallest absolute Gasteiger partial charge is 0.214 e. The van der Waals surface area contributed by atoms with Crippen LogP contribution in [0.25, 0.3) is 0 Å². The van der Waals surface area contributed by atoms with E-state index < -0.39 is 5.79 Å². The third kappa shape index (κ3) is 2.58. The van der Waals surface area contributed by atoms with Crippen LogP contribution in [-0.2, 0) is 21.8 Å². The molecule has 1 saturated heterocycles. The zero-order valence-electron chi connectivity index (χ0n) is 10.8. The summed E-state index contributed by atoms with van der Waals surface area (Å²) in [5, 5.41) is 9.93. The van der Waals surface area contributed by atoms with E-state index in [-0.39, 0.29) is 12.7 Å². The monoisotopic (exact) mass is 294 g/mol. The number of imidazole rings is 1. The largest absolute Gasteiger partial charge is 0.394 e. The first-order valence-corrected chi connectivity index (χ1v) is 6.74. The van der Waals surface area contributed by atoms with Gasteiger partial charge >= 0.3 is 0 Å². The van der Waals surface area contributed by atoms with Gasteiger partial charge < -0.3 is 19.1 Å². The minimum absolute atomic E-state index is 0.0702. The standard InChI is InChI=1S/C14H15ClN2O3/c15-12-3-1-11(2-4-12)14(9-17-6-5-16-10-17)19-8-13(7-18)20-14/h1-6,10,13,18H,7-9H2/t13-,14+/m0/s1. The van der Waals surface area contributed by atoms with Gasteiger partial charge in [-0.15, -0.1) is 0 Å². The molecule has 2 heterocycles. The van der Waals surface area contributed by atoms with Gasteiger partial charge in [0, 0.05) is 23.0 Å². The van der Waals surface area contributed by atoms with Crippen molar-refractivity contribution < 1.29 is 14.6 Å². The Morgan fingerprint density at radius 2 is 2.20 bits per heavy atom. The number of ether oxygens (including phenoxy) is 2. The molecule has 2 aromatic rings. The number of aliphatic hydroxyl groups is 1. The Morgan fingerprint density at radius 3 is 2.80 bits per heavy atom. The van der Waals surface area contributed by atoms with Crippen molar-refractivity contribution in [2.24, 2.45) is 0 Å². The fraction of sp³-hybridized carbons (Fsp3) is 0.357. The van der Waals surface area contributed by atoms with Crippen molar-refractivity contribution in [3.63, 3.8) is 0 Å². The highest BCUT2D eigenvalue weighted by atomic mass is 35.5. The summed E-state index contributed by atoms with van der Waals surface area (Å²) in [7, 11) is 0. The van der Waals surface area contributed by atoms with Crippen LogP contribution in [0.15, 0.2) is 43.0 Å². The molecule has 1 aromatic heterocycles. The Morgan fingerprint density at radius 1 is 1.40 bits per heavy atom. The van der Waals surface area contributed by atoms with Crippen molar-refractivity contribution in [3.05, 3.63) is 53.6 Å². The summed E-state index contributed by atoms with van der Waals surface area (Å²) in [6, 6.07) is 7.34. The molecule has 0 saturated carbocycles. The quantitative estimate of drug-likeness (QED) is 0.934. The number of aromatic nitrogens is 2. The van der Waals surface area contributed by atoms with E-state index in [1.54, 1.807) is 24.7 Å². The molecule has 2 atom stereocenters. The first-order chi connectivity index (χ1) is 9.72. The minimum atomic E-state index is -0.918. The lowest BCUT2D eigenvalue weighted by Gasteiger charge is -2.29. The normalized spacial score (nSPS) is 26.0. The van der Waals surface area contributed by atoms with E-state index >= 15 is 0 Å². The van der Waals surface area contributed by atoms with Gasteiger partial charge in [-0.2, -0.15) is 0 Å². The van der Waals surface area contributed by atoms with Gasteiger partial charge in [0.1, 0.15) is 6.10 Å². The van der Waals surface area contributed by atoms with Gasteiger partial charge in [-0.3, -0.25) is 0 Å². The number of rotatable bonds is 4. The molecule has 6 heteroatoms. The number of nitrogens with zero attached hydrogens (tertiary/aromatic N) is 2. The molecule has 0 amide bonds. The number of benzene rings is 1. The zero-order valence-corrected chi connectivity index (χ0v) is 11.5. The maximum absolute atomic E-state index is 9.27. The summed E-state index contributed by atoms with van der Waals surface area (Å²) >= 11 is 5.93. The molecule has 0 radical (unpaired) electrons. The molecule has 3 rings (SSSR count). The highest BCUT2D eigenvalue weighted by molar-refractivity contribution is 6.30. The highest BCUT2D eigenvalue weighted by Crippen LogP contribution is 2.36. The number of halogens is 1. The third-order valence-corrected chi connectivity index (χ3v) is 3.55. The van der Waals surface area contributed by atoms with Crippen molar-refractivity contribution in [1.29, 1.82) is 0 Å². The van der Waals surface area contributed by atoms with Crippen LogP contribution in [0.5, 0.6) is 0 Å². The number of aliphatic hydroxyl groups excluding tert-OH is 1. The highest BCUT2D eigenvalue weighted by Gasteiger charge is 2.43. The van der Waals surface area contributed by atoms with E-state index in [0.717, 1.165) is 5.56 Å². The summed E-state index contributed by atoms with van der Waals surface area (Å²) in [4.78, 5) is 4.02. The van der Waals surface area contributed by atoms with Gasteiger partial charge in [-0.25, -0.2) is 4.98 Å². The topological polar surface area (TPSA) is 56.5 Å². The van der Waals surface area contributed by atoms with Crippen molar-refractivity contribution in [2.75, 3.05) is 13.2 Å². The molecule has 1 aliphatic heterocycles. The molecule has 1 aliphatic rings. The second kappa shape index (κ2) is 5.54. The predicted molar refractivity (Wildman–Crippen MR) is 73.3 cm³/mol. The van der Waals surface area contributed by atoms with Crippen LogP contribution in [0.3, 0.4) is 0 Å². The molecule has 0 unspecified atom stereocenters. The SMILES string of the molecule is OC[C@H]1CO[C@@](Cn2ccnc2)(c2ccc(Cl)cc2)O1. The van der Waals surface area contributed by atoms with Gasteiger partial charge in [0.15, 0.2) is 0 Å². The summed E-state index contributed by atoms with van der Waals surface area (Å²) in [5.74, 6) is -0.918. The Bertz CT molecular complexity index is 558. The Hall–Kier alpha value is -1.40. The van der Waals surface area contributed by atoms with E-state index in [0.29, 0.717) is 18.2 Å². The maximum atomic E-state index is 9.27. The molecule has 1 fully saturated rings. The van der Waals surface area contributed by atoms with E-state index in [9.17, 15) is 5.11 Å². The fourth-order valence-corrected chi connectivity index (χ4v) is 2.43. The van der Waals surface area contributed by atoms with Gasteiger partial charge in [0.25, 0.3) is 0 Å². The van der Waals surface area contributed by atoms with Crippen molar-refractivity contribution >= 4 is 11.6 Å². The molecular weight excluding hydrogens is 280 g/mol. The van der Waals surface area contributed by atoms with Gasteiger partial charge in [-0.05, 0) is 12.1 Å². The lowest BCUT2D eigenvalue weighted by Crippen LogP contribution is -2.33. The third-order valence-electron chi connectivity index (χ3n) is 3.30. The van der Waals surface area contributed by atoms with E-state index in [2.05, 4.69) is 4.98 Å². The summed E-state index contributed by atoms with van der Waals surface area (Å²) in [5.41, 5.74) is 0.867. The maximum Gasteiger partial charge on any atom is 0.214 e. The van der Waals surface area contributed by atoms with Gasteiger partial charge in [-0.1, -0.05) is 23.7 Å². The van der Waals surface area contributed by atoms with Crippen LogP contribution in [0.1, 0.15) is 5.56 Å². The van der Waals surface area contributed by atoms with E-state index in [1.165, 1.54) is 0 Å². The molecule has 20 heavy (non-hydrogen) atoms. The van der Waals surface area contributed by atoms with Crippen molar-refractivity contribution in [1.82, 2.24) is 9.55 Å². The Labute approximate surface area is 121 Å². The van der Waals surface area contributed by atoms with Crippen LogP contribution in [0, 0.1) is 0 Å². The minimum Gasteiger partial charge on any atom is -0.394 e. The number of hydrogen-bond donors (Lipinski definition) is 1. The van der Waals surface area contributed by atoms with Crippen LogP contribution < -0.4 is 0 Å². The average Bonchev–Trinajstić information content (AvgIpc) is 3.10. The molecule has 1 N–H and O–H groups in total. The first kappa shape index (κ1) is 13.6. The summed E-state index contributed by atoms with van der Waals surface area (Å²) in [6.07, 6.45) is 4.93. The average molecular weight is 295 g/mol. The predicted octanol–water partition coefficient (Wildman–Crippen LogP) is 1.80. The fourth-order valence-electron chi connectivity index (χ4n) is 2.30. The number of hydrogen-bond acceptors (Lipinski definition) is 4. The van der Waals surface area contributed by atoms with Gasteiger partial charge in [0.2, 0.25) is 5.79 Å². The lowest BCUT2D eigenvalue weighted by molar-refractivity contribution is -0.190. The van der Waals surface area contributed by atoms with Crippen LogP contribution in [-0.4, -0.2) is 34.0 Å². The zero-order chi connectivity index (χ0) is 14.0. The molecule has 0 aliphatic carbocycles. The van der Waals surface area contributed by atoms with Crippen LogP contribution in [0.2, 0.25) is 5.02 Å². The molecule has 1 aromatic carbocycles. The summed E-state index contributed by atoms with van der Waals surface area (Å²) < 4.78 is 13.7. The van der Waals surface area contributed by atoms with Crippen LogP contribution >= 0.6 is 11.6 Å². The van der Waals surface area contributed by atoms with E-state index in [4.69, 9.17) is 21.1 Å². The Kier molecular flexibility index (Phi) is 3.76. The van der Waals surface area contributed by atoms with E-state index in [1.807, 2.05) is 22.9 Å². The lowest BCUT2D eigenvalue weighted by atomic mass is 10.1. The molecule has 106 valence electrons. The molecule has 0 spiro atoms. The molecule has 0 bridgehead atoms. The van der Waals surface area contributed by atoms with Crippen molar-refractivity contribution in [3.8, 4) is 0 Å². The second-order valence-corrected chi connectivity index (χ2v) is 5.16. The first-order valence-electron chi connectivity index (χ1n) is 6.36. The second-order valence-electron chi connectivity index (χ2n) is 4.73.